The summed E-state index contributed by atoms with van der Waals surface area (Å²) in [5.74, 6) is 0.0524. The second-order valence-corrected chi connectivity index (χ2v) is 8.32. The number of nitrogens with one attached hydrogen (secondary N) is 1. The Morgan fingerprint density at radius 2 is 2.19 bits per heavy atom. The molecule has 3 rings (SSSR count). The topological polar surface area (TPSA) is 90.0 Å². The summed E-state index contributed by atoms with van der Waals surface area (Å²) in [4.78, 5) is 30.0. The number of halogens is 1. The highest BCUT2D eigenvalue weighted by molar-refractivity contribution is 9.10. The minimum Gasteiger partial charge on any atom is -0.338 e. The molecule has 0 aliphatic rings. The van der Waals surface area contributed by atoms with Gasteiger partial charge in [-0.2, -0.15) is 0 Å². The van der Waals surface area contributed by atoms with Gasteiger partial charge in [-0.3, -0.25) is 19.5 Å². The molecule has 1 amide bonds. The number of hydrogen-bond donors (Lipinski definition) is 1. The summed E-state index contributed by atoms with van der Waals surface area (Å²) < 4.78 is 7.47. The van der Waals surface area contributed by atoms with Crippen LogP contribution in [0.2, 0.25) is 0 Å². The molecule has 0 aliphatic carbocycles. The van der Waals surface area contributed by atoms with E-state index >= 15 is 0 Å². The Morgan fingerprint density at radius 1 is 1.41 bits per heavy atom. The van der Waals surface area contributed by atoms with E-state index in [2.05, 4.69) is 31.4 Å². The number of amides is 1. The summed E-state index contributed by atoms with van der Waals surface area (Å²) in [5, 5.41) is 7.03. The van der Waals surface area contributed by atoms with Crippen LogP contribution < -0.4 is 10.9 Å². The molecule has 1 N–H and O–H groups in total. The van der Waals surface area contributed by atoms with Crippen LogP contribution in [0.15, 0.2) is 43.2 Å². The van der Waals surface area contributed by atoms with Gasteiger partial charge in [0.05, 0.1) is 21.8 Å². The number of aromatic nitrogens is 3. The van der Waals surface area contributed by atoms with E-state index in [-0.39, 0.29) is 11.5 Å². The number of fused-ring (bicyclic) bond motifs is 1. The van der Waals surface area contributed by atoms with E-state index in [1.54, 1.807) is 36.6 Å². The normalized spacial score (nSPS) is 12.3. The van der Waals surface area contributed by atoms with E-state index in [0.717, 1.165) is 10.9 Å². The van der Waals surface area contributed by atoms with Crippen molar-refractivity contribution in [3.63, 3.8) is 0 Å². The van der Waals surface area contributed by atoms with Gasteiger partial charge < -0.3 is 4.52 Å². The van der Waals surface area contributed by atoms with Crippen molar-refractivity contribution in [3.05, 3.63) is 44.8 Å². The standard InChI is InChI=1S/C18H19BrN4O3S/c1-4-7-23-17(25)13-9-12(19)5-6-14(13)20-18(23)27-11(3)16(24)21-15-8-10(2)22-26-15/h5-6,8-9,11H,4,7H2,1-3H3,(H,21,24). The zero-order chi connectivity index (χ0) is 19.6. The molecule has 3 aromatic rings. The van der Waals surface area contributed by atoms with Gasteiger partial charge in [0.15, 0.2) is 5.16 Å². The van der Waals surface area contributed by atoms with Crippen molar-refractivity contribution in [2.24, 2.45) is 0 Å². The van der Waals surface area contributed by atoms with Crippen LogP contribution in [0.4, 0.5) is 5.88 Å². The lowest BCUT2D eigenvalue weighted by Gasteiger charge is -2.15. The zero-order valence-corrected chi connectivity index (χ0v) is 17.6. The molecule has 2 aromatic heterocycles. The van der Waals surface area contributed by atoms with Crippen LogP contribution in [0.1, 0.15) is 26.0 Å². The maximum Gasteiger partial charge on any atom is 0.262 e. The second-order valence-electron chi connectivity index (χ2n) is 6.09. The van der Waals surface area contributed by atoms with Crippen LogP contribution in [0.25, 0.3) is 10.9 Å². The molecule has 2 heterocycles. The first-order valence-corrected chi connectivity index (χ1v) is 10.2. The highest BCUT2D eigenvalue weighted by Gasteiger charge is 2.20. The molecule has 0 saturated carbocycles. The zero-order valence-electron chi connectivity index (χ0n) is 15.2. The summed E-state index contributed by atoms with van der Waals surface area (Å²) in [7, 11) is 0. The molecule has 0 aliphatic heterocycles. The summed E-state index contributed by atoms with van der Waals surface area (Å²) >= 11 is 4.64. The number of carbonyl (C=O) groups is 1. The van der Waals surface area contributed by atoms with Gasteiger partial charge in [-0.05, 0) is 38.5 Å². The van der Waals surface area contributed by atoms with Crippen molar-refractivity contribution in [1.82, 2.24) is 14.7 Å². The molecule has 27 heavy (non-hydrogen) atoms. The predicted molar refractivity (Wildman–Crippen MR) is 109 cm³/mol. The maximum absolute atomic E-state index is 12.9. The number of hydrogen-bond acceptors (Lipinski definition) is 6. The van der Waals surface area contributed by atoms with E-state index in [1.165, 1.54) is 11.8 Å². The van der Waals surface area contributed by atoms with Crippen LogP contribution >= 0.6 is 27.7 Å². The number of thioether (sulfide) groups is 1. The third kappa shape index (κ3) is 4.41. The molecule has 0 radical (unpaired) electrons. The van der Waals surface area contributed by atoms with Crippen LogP contribution in [0.3, 0.4) is 0 Å². The van der Waals surface area contributed by atoms with E-state index in [1.807, 2.05) is 13.0 Å². The van der Waals surface area contributed by atoms with Crippen molar-refractivity contribution < 1.29 is 9.32 Å². The first-order chi connectivity index (χ1) is 12.9. The van der Waals surface area contributed by atoms with Gasteiger partial charge in [0.25, 0.3) is 5.56 Å². The highest BCUT2D eigenvalue weighted by atomic mass is 79.9. The number of carbonyl (C=O) groups excluding carboxylic acids is 1. The van der Waals surface area contributed by atoms with Crippen LogP contribution in [0, 0.1) is 6.92 Å². The van der Waals surface area contributed by atoms with Gasteiger partial charge >= 0.3 is 0 Å². The summed E-state index contributed by atoms with van der Waals surface area (Å²) in [6.45, 7) is 6.07. The third-order valence-corrected chi connectivity index (χ3v) is 5.44. The smallest absolute Gasteiger partial charge is 0.262 e. The molecule has 1 aromatic carbocycles. The van der Waals surface area contributed by atoms with Gasteiger partial charge in [0.1, 0.15) is 0 Å². The molecule has 0 spiro atoms. The first kappa shape index (κ1) is 19.6. The lowest BCUT2D eigenvalue weighted by molar-refractivity contribution is -0.115. The molecule has 0 saturated heterocycles. The summed E-state index contributed by atoms with van der Waals surface area (Å²) in [6, 6.07) is 7.06. The van der Waals surface area contributed by atoms with Crippen LogP contribution in [-0.2, 0) is 11.3 Å². The predicted octanol–water partition coefficient (Wildman–Crippen LogP) is 3.98. The number of nitrogens with zero attached hydrogens (tertiary/aromatic N) is 3. The lowest BCUT2D eigenvalue weighted by Crippen LogP contribution is -2.27. The van der Waals surface area contributed by atoms with Gasteiger partial charge in [0, 0.05) is 17.1 Å². The number of aryl methyl sites for hydroxylation is 1. The molecular weight excluding hydrogens is 432 g/mol. The Kier molecular flexibility index (Phi) is 6.01. The van der Waals surface area contributed by atoms with Crippen LogP contribution in [-0.4, -0.2) is 25.9 Å². The van der Waals surface area contributed by atoms with E-state index < -0.39 is 5.25 Å². The molecule has 142 valence electrons. The van der Waals surface area contributed by atoms with Crippen molar-refractivity contribution in [2.45, 2.75) is 44.1 Å². The highest BCUT2D eigenvalue weighted by Crippen LogP contribution is 2.25. The average Bonchev–Trinajstić information content (AvgIpc) is 3.03. The maximum atomic E-state index is 12.9. The Morgan fingerprint density at radius 3 is 2.85 bits per heavy atom. The molecule has 7 nitrogen and oxygen atoms in total. The average molecular weight is 451 g/mol. The number of anilines is 1. The van der Waals surface area contributed by atoms with E-state index in [4.69, 9.17) is 4.52 Å². The van der Waals surface area contributed by atoms with Gasteiger partial charge in [-0.1, -0.05) is 39.8 Å². The number of rotatable bonds is 6. The molecule has 1 atom stereocenters. The Labute approximate surface area is 168 Å². The molecule has 0 bridgehead atoms. The SMILES string of the molecule is CCCn1c(SC(C)C(=O)Nc2cc(C)no2)nc2ccc(Br)cc2c1=O. The summed E-state index contributed by atoms with van der Waals surface area (Å²) in [5.41, 5.74) is 1.19. The van der Waals surface area contributed by atoms with E-state index in [0.29, 0.717) is 34.2 Å². The Balaban J connectivity index is 1.90. The molecule has 9 heteroatoms. The second kappa shape index (κ2) is 8.26. The molecular formula is C18H19BrN4O3S. The first-order valence-electron chi connectivity index (χ1n) is 8.50. The minimum absolute atomic E-state index is 0.107. The fourth-order valence-corrected chi connectivity index (χ4v) is 3.84. The van der Waals surface area contributed by atoms with Crippen molar-refractivity contribution >= 4 is 50.4 Å². The largest absolute Gasteiger partial charge is 0.338 e. The number of benzene rings is 1. The molecule has 1 unspecified atom stereocenters. The van der Waals surface area contributed by atoms with Gasteiger partial charge in [0.2, 0.25) is 11.8 Å². The Hall–Kier alpha value is -2.13. The molecule has 0 fully saturated rings. The lowest BCUT2D eigenvalue weighted by atomic mass is 10.2. The van der Waals surface area contributed by atoms with E-state index in [9.17, 15) is 9.59 Å². The van der Waals surface area contributed by atoms with Crippen LogP contribution in [0.5, 0.6) is 0 Å². The minimum atomic E-state index is -0.474. The van der Waals surface area contributed by atoms with Crippen molar-refractivity contribution in [1.29, 1.82) is 0 Å². The van der Waals surface area contributed by atoms with Gasteiger partial charge in [-0.15, -0.1) is 0 Å². The fourth-order valence-electron chi connectivity index (χ4n) is 2.54. The Bertz CT molecular complexity index is 1050. The van der Waals surface area contributed by atoms with Gasteiger partial charge in [-0.25, -0.2) is 4.98 Å². The summed E-state index contributed by atoms with van der Waals surface area (Å²) in [6.07, 6.45) is 0.784. The van der Waals surface area contributed by atoms with Crippen molar-refractivity contribution in [2.75, 3.05) is 5.32 Å². The quantitative estimate of drug-likeness (QED) is 0.451. The monoisotopic (exact) mass is 450 g/mol. The van der Waals surface area contributed by atoms with Crippen molar-refractivity contribution in [3.8, 4) is 0 Å². The third-order valence-electron chi connectivity index (χ3n) is 3.85. The fraction of sp³-hybridized carbons (Fsp3) is 0.333.